The van der Waals surface area contributed by atoms with Gasteiger partial charge in [0.05, 0.1) is 7.11 Å². The highest BCUT2D eigenvalue weighted by Crippen LogP contribution is 2.19. The monoisotopic (exact) mass is 162 g/mol. The van der Waals surface area contributed by atoms with Crippen LogP contribution in [0.5, 0.6) is 0 Å². The first-order valence-corrected chi connectivity index (χ1v) is 3.96. The molecule has 1 rings (SSSR count). The molecule has 0 unspecified atom stereocenters. The van der Waals surface area contributed by atoms with E-state index in [9.17, 15) is 0 Å². The summed E-state index contributed by atoms with van der Waals surface area (Å²) in [6.07, 6.45) is 0. The third kappa shape index (κ3) is 1.50. The van der Waals surface area contributed by atoms with Crippen molar-refractivity contribution in [3.05, 3.63) is 41.5 Å². The van der Waals surface area contributed by atoms with Gasteiger partial charge in [0, 0.05) is 5.56 Å². The van der Waals surface area contributed by atoms with Crippen molar-refractivity contribution >= 4 is 5.76 Å². The summed E-state index contributed by atoms with van der Waals surface area (Å²) < 4.78 is 5.08. The summed E-state index contributed by atoms with van der Waals surface area (Å²) in [5.74, 6) is 0.733. The van der Waals surface area contributed by atoms with E-state index >= 15 is 0 Å². The minimum absolute atomic E-state index is 0.733. The largest absolute Gasteiger partial charge is 0.497 e. The summed E-state index contributed by atoms with van der Waals surface area (Å²) in [7, 11) is 1.64. The first kappa shape index (κ1) is 8.85. The van der Waals surface area contributed by atoms with E-state index in [-0.39, 0.29) is 0 Å². The molecule has 0 aliphatic rings. The average molecular weight is 162 g/mol. The molecule has 1 aromatic carbocycles. The van der Waals surface area contributed by atoms with Crippen LogP contribution in [0.15, 0.2) is 24.8 Å². The van der Waals surface area contributed by atoms with E-state index in [1.807, 2.05) is 12.1 Å². The smallest absolute Gasteiger partial charge is 0.119 e. The fourth-order valence-electron chi connectivity index (χ4n) is 1.16. The molecule has 0 amide bonds. The summed E-state index contributed by atoms with van der Waals surface area (Å²) >= 11 is 0. The standard InChI is InChI=1S/C11H14O/c1-8-6-5-7-11(9(8)2)10(3)12-4/h5-7H,3H2,1-2,4H3. The van der Waals surface area contributed by atoms with Crippen molar-refractivity contribution in [2.75, 3.05) is 7.11 Å². The molecular weight excluding hydrogens is 148 g/mol. The van der Waals surface area contributed by atoms with Crippen molar-refractivity contribution in [2.45, 2.75) is 13.8 Å². The highest BCUT2D eigenvalue weighted by molar-refractivity contribution is 5.61. The van der Waals surface area contributed by atoms with Gasteiger partial charge >= 0.3 is 0 Å². The van der Waals surface area contributed by atoms with Crippen LogP contribution >= 0.6 is 0 Å². The van der Waals surface area contributed by atoms with Gasteiger partial charge in [0.1, 0.15) is 5.76 Å². The van der Waals surface area contributed by atoms with Crippen LogP contribution in [-0.4, -0.2) is 7.11 Å². The van der Waals surface area contributed by atoms with Crippen molar-refractivity contribution < 1.29 is 4.74 Å². The maximum atomic E-state index is 5.08. The zero-order valence-corrected chi connectivity index (χ0v) is 7.85. The van der Waals surface area contributed by atoms with Crippen LogP contribution in [0.1, 0.15) is 16.7 Å². The first-order chi connectivity index (χ1) is 5.66. The van der Waals surface area contributed by atoms with E-state index in [0.29, 0.717) is 0 Å². The van der Waals surface area contributed by atoms with Crippen LogP contribution in [0.2, 0.25) is 0 Å². The minimum atomic E-state index is 0.733. The molecule has 0 aliphatic heterocycles. The Bertz CT molecular complexity index is 300. The maximum Gasteiger partial charge on any atom is 0.119 e. The number of ether oxygens (including phenoxy) is 1. The molecule has 1 aromatic rings. The highest BCUT2D eigenvalue weighted by Gasteiger charge is 2.03. The van der Waals surface area contributed by atoms with Gasteiger partial charge in [0.25, 0.3) is 0 Å². The molecule has 0 saturated carbocycles. The van der Waals surface area contributed by atoms with Gasteiger partial charge in [-0.2, -0.15) is 0 Å². The van der Waals surface area contributed by atoms with Gasteiger partial charge in [-0.15, -0.1) is 0 Å². The molecule has 0 N–H and O–H groups in total. The molecule has 0 aliphatic carbocycles. The van der Waals surface area contributed by atoms with Gasteiger partial charge in [-0.05, 0) is 25.0 Å². The Labute approximate surface area is 73.7 Å². The normalized spacial score (nSPS) is 9.58. The number of benzene rings is 1. The Balaban J connectivity index is 3.16. The second kappa shape index (κ2) is 3.44. The van der Waals surface area contributed by atoms with Crippen molar-refractivity contribution in [1.82, 2.24) is 0 Å². The quantitative estimate of drug-likeness (QED) is 0.607. The van der Waals surface area contributed by atoms with Crippen LogP contribution in [0, 0.1) is 13.8 Å². The first-order valence-electron chi connectivity index (χ1n) is 3.96. The lowest BCUT2D eigenvalue weighted by molar-refractivity contribution is 0.371. The van der Waals surface area contributed by atoms with Crippen LogP contribution in [-0.2, 0) is 4.74 Å². The maximum absolute atomic E-state index is 5.08. The summed E-state index contributed by atoms with van der Waals surface area (Å²) in [6, 6.07) is 6.12. The molecular formula is C11H14O. The predicted molar refractivity (Wildman–Crippen MR) is 52.0 cm³/mol. The van der Waals surface area contributed by atoms with Gasteiger partial charge in [-0.1, -0.05) is 24.8 Å². The molecule has 0 bridgehead atoms. The van der Waals surface area contributed by atoms with Gasteiger partial charge < -0.3 is 4.74 Å². The Kier molecular flexibility index (Phi) is 2.54. The van der Waals surface area contributed by atoms with Crippen LogP contribution < -0.4 is 0 Å². The Hall–Kier alpha value is -1.24. The number of hydrogen-bond acceptors (Lipinski definition) is 1. The molecule has 1 nitrogen and oxygen atoms in total. The molecule has 64 valence electrons. The fraction of sp³-hybridized carbons (Fsp3) is 0.273. The Morgan fingerprint density at radius 1 is 1.33 bits per heavy atom. The van der Waals surface area contributed by atoms with Crippen LogP contribution in [0.3, 0.4) is 0 Å². The summed E-state index contributed by atoms with van der Waals surface area (Å²) in [5, 5.41) is 0. The van der Waals surface area contributed by atoms with Crippen molar-refractivity contribution in [2.24, 2.45) is 0 Å². The van der Waals surface area contributed by atoms with Gasteiger partial charge in [-0.3, -0.25) is 0 Å². The van der Waals surface area contributed by atoms with Gasteiger partial charge in [0.15, 0.2) is 0 Å². The lowest BCUT2D eigenvalue weighted by atomic mass is 10.0. The minimum Gasteiger partial charge on any atom is -0.497 e. The number of aryl methyl sites for hydroxylation is 1. The molecule has 0 radical (unpaired) electrons. The van der Waals surface area contributed by atoms with E-state index in [0.717, 1.165) is 11.3 Å². The molecule has 12 heavy (non-hydrogen) atoms. The van der Waals surface area contributed by atoms with E-state index in [2.05, 4.69) is 26.5 Å². The summed E-state index contributed by atoms with van der Waals surface area (Å²) in [6.45, 7) is 7.99. The molecule has 0 aromatic heterocycles. The third-order valence-electron chi connectivity index (χ3n) is 2.15. The van der Waals surface area contributed by atoms with E-state index in [1.165, 1.54) is 11.1 Å². The highest BCUT2D eigenvalue weighted by atomic mass is 16.5. The molecule has 0 atom stereocenters. The zero-order chi connectivity index (χ0) is 9.14. The Morgan fingerprint density at radius 2 is 2.00 bits per heavy atom. The van der Waals surface area contributed by atoms with E-state index < -0.39 is 0 Å². The van der Waals surface area contributed by atoms with Gasteiger partial charge in [0.2, 0.25) is 0 Å². The Morgan fingerprint density at radius 3 is 2.58 bits per heavy atom. The molecule has 0 fully saturated rings. The second-order valence-electron chi connectivity index (χ2n) is 2.87. The van der Waals surface area contributed by atoms with Crippen LogP contribution in [0.25, 0.3) is 5.76 Å². The summed E-state index contributed by atoms with van der Waals surface area (Å²) in [4.78, 5) is 0. The molecule has 1 heteroatoms. The van der Waals surface area contributed by atoms with Gasteiger partial charge in [-0.25, -0.2) is 0 Å². The number of methoxy groups -OCH3 is 1. The lowest BCUT2D eigenvalue weighted by Gasteiger charge is -2.09. The third-order valence-corrected chi connectivity index (χ3v) is 2.15. The van der Waals surface area contributed by atoms with E-state index in [1.54, 1.807) is 7.11 Å². The van der Waals surface area contributed by atoms with E-state index in [4.69, 9.17) is 4.74 Å². The SMILES string of the molecule is C=C(OC)c1cccc(C)c1C. The molecule has 0 heterocycles. The summed E-state index contributed by atoms with van der Waals surface area (Å²) in [5.41, 5.74) is 3.60. The molecule has 0 saturated heterocycles. The fourth-order valence-corrected chi connectivity index (χ4v) is 1.16. The van der Waals surface area contributed by atoms with Crippen molar-refractivity contribution in [3.63, 3.8) is 0 Å². The lowest BCUT2D eigenvalue weighted by Crippen LogP contribution is -1.91. The topological polar surface area (TPSA) is 9.23 Å². The number of rotatable bonds is 2. The van der Waals surface area contributed by atoms with Crippen molar-refractivity contribution in [3.8, 4) is 0 Å². The number of hydrogen-bond donors (Lipinski definition) is 0. The van der Waals surface area contributed by atoms with Crippen molar-refractivity contribution in [1.29, 1.82) is 0 Å². The average Bonchev–Trinajstić information content (AvgIpc) is 2.08. The zero-order valence-electron chi connectivity index (χ0n) is 7.85. The second-order valence-corrected chi connectivity index (χ2v) is 2.87. The van der Waals surface area contributed by atoms with Crippen LogP contribution in [0.4, 0.5) is 0 Å². The predicted octanol–water partition coefficient (Wildman–Crippen LogP) is 2.92. The molecule has 0 spiro atoms.